The van der Waals surface area contributed by atoms with Crippen LogP contribution in [-0.2, 0) is 4.79 Å². The number of carbonyl (C=O) groups excluding carboxylic acids is 1. The van der Waals surface area contributed by atoms with E-state index in [2.05, 4.69) is 15.7 Å². The van der Waals surface area contributed by atoms with Gasteiger partial charge in [0.25, 0.3) is 5.91 Å². The lowest BCUT2D eigenvalue weighted by atomic mass is 9.99. The summed E-state index contributed by atoms with van der Waals surface area (Å²) in [7, 11) is 0. The van der Waals surface area contributed by atoms with Crippen LogP contribution in [0.3, 0.4) is 0 Å². The van der Waals surface area contributed by atoms with Gasteiger partial charge in [0.05, 0.1) is 11.4 Å². The molecule has 1 fully saturated rings. The lowest BCUT2D eigenvalue weighted by molar-refractivity contribution is -0.118. The van der Waals surface area contributed by atoms with E-state index in [1.165, 1.54) is 25.0 Å². The third kappa shape index (κ3) is 3.44. The van der Waals surface area contributed by atoms with Gasteiger partial charge in [-0.3, -0.25) is 9.79 Å². The monoisotopic (exact) mass is 370 g/mol. The van der Waals surface area contributed by atoms with Crippen molar-refractivity contribution in [2.75, 3.05) is 18.5 Å². The second-order valence-electron chi connectivity index (χ2n) is 6.46. The van der Waals surface area contributed by atoms with Crippen LogP contribution in [0.15, 0.2) is 33.7 Å². The Kier molecular flexibility index (Phi) is 4.88. The van der Waals surface area contributed by atoms with Crippen molar-refractivity contribution in [3.05, 3.63) is 28.4 Å². The van der Waals surface area contributed by atoms with E-state index in [4.69, 9.17) is 9.84 Å². The van der Waals surface area contributed by atoms with Gasteiger partial charge >= 0.3 is 0 Å². The number of hydrogen-bond donors (Lipinski definition) is 1. The Hall–Kier alpha value is -2.41. The van der Waals surface area contributed by atoms with Gasteiger partial charge in [-0.05, 0) is 50.8 Å². The molecule has 1 aliphatic carbocycles. The SMILES string of the molecule is CCN=c1scc(-c2ccc3c(c2)NC(=O)CO3)n1N=C1CCCCC1. The van der Waals surface area contributed by atoms with Crippen LogP contribution in [0.1, 0.15) is 39.0 Å². The molecule has 0 unspecified atom stereocenters. The number of hydrogen-bond acceptors (Lipinski definition) is 5. The van der Waals surface area contributed by atoms with Gasteiger partial charge in [0.15, 0.2) is 6.61 Å². The maximum absolute atomic E-state index is 11.6. The molecule has 1 aliphatic heterocycles. The van der Waals surface area contributed by atoms with Gasteiger partial charge in [0.2, 0.25) is 4.80 Å². The van der Waals surface area contributed by atoms with E-state index in [1.807, 2.05) is 29.8 Å². The van der Waals surface area contributed by atoms with E-state index in [9.17, 15) is 4.79 Å². The minimum absolute atomic E-state index is 0.0674. The molecular formula is C19H22N4O2S. The van der Waals surface area contributed by atoms with Gasteiger partial charge in [0, 0.05) is 23.2 Å². The molecule has 7 heteroatoms. The van der Waals surface area contributed by atoms with Gasteiger partial charge in [0.1, 0.15) is 5.75 Å². The Morgan fingerprint density at radius 2 is 2.12 bits per heavy atom. The van der Waals surface area contributed by atoms with Crippen LogP contribution in [-0.4, -0.2) is 29.4 Å². The van der Waals surface area contributed by atoms with Gasteiger partial charge in [-0.1, -0.05) is 6.42 Å². The van der Waals surface area contributed by atoms with E-state index in [0.29, 0.717) is 11.4 Å². The van der Waals surface area contributed by atoms with Crippen LogP contribution in [0.4, 0.5) is 5.69 Å². The lowest BCUT2D eigenvalue weighted by Gasteiger charge is -2.18. The maximum atomic E-state index is 11.6. The molecular weight excluding hydrogens is 348 g/mol. The lowest BCUT2D eigenvalue weighted by Crippen LogP contribution is -2.25. The minimum atomic E-state index is -0.128. The summed E-state index contributed by atoms with van der Waals surface area (Å²) in [5, 5.41) is 9.88. The first-order valence-electron chi connectivity index (χ1n) is 9.09. The molecule has 4 rings (SSSR count). The summed E-state index contributed by atoms with van der Waals surface area (Å²) >= 11 is 1.59. The molecule has 1 amide bonds. The highest BCUT2D eigenvalue weighted by Gasteiger charge is 2.18. The predicted octanol–water partition coefficient (Wildman–Crippen LogP) is 3.64. The number of thiazole rings is 1. The number of nitrogens with zero attached hydrogens (tertiary/aromatic N) is 3. The normalized spacial score (nSPS) is 17.5. The Balaban J connectivity index is 1.78. The smallest absolute Gasteiger partial charge is 0.262 e. The number of ether oxygens (including phenoxy) is 1. The summed E-state index contributed by atoms with van der Waals surface area (Å²) in [6, 6.07) is 5.85. The van der Waals surface area contributed by atoms with Crippen molar-refractivity contribution < 1.29 is 9.53 Å². The summed E-state index contributed by atoms with van der Waals surface area (Å²) in [4.78, 5) is 17.1. The predicted molar refractivity (Wildman–Crippen MR) is 104 cm³/mol. The number of nitrogens with one attached hydrogen (secondary N) is 1. The number of carbonyl (C=O) groups is 1. The highest BCUT2D eigenvalue weighted by Crippen LogP contribution is 2.33. The molecule has 0 bridgehead atoms. The molecule has 136 valence electrons. The Bertz CT molecular complexity index is 918. The molecule has 1 aromatic heterocycles. The number of anilines is 1. The second-order valence-corrected chi connectivity index (χ2v) is 7.30. The molecule has 0 saturated heterocycles. The van der Waals surface area contributed by atoms with Gasteiger partial charge in [-0.2, -0.15) is 5.10 Å². The van der Waals surface area contributed by atoms with Crippen LogP contribution in [0.25, 0.3) is 11.3 Å². The number of aromatic nitrogens is 1. The van der Waals surface area contributed by atoms with E-state index < -0.39 is 0 Å². The van der Waals surface area contributed by atoms with Crippen molar-refractivity contribution in [1.82, 2.24) is 4.68 Å². The molecule has 6 nitrogen and oxygen atoms in total. The number of benzene rings is 1. The fourth-order valence-electron chi connectivity index (χ4n) is 3.28. The molecule has 1 saturated carbocycles. The van der Waals surface area contributed by atoms with Crippen LogP contribution < -0.4 is 14.9 Å². The highest BCUT2D eigenvalue weighted by molar-refractivity contribution is 7.07. The van der Waals surface area contributed by atoms with Gasteiger partial charge < -0.3 is 10.1 Å². The van der Waals surface area contributed by atoms with E-state index in [0.717, 1.165) is 35.4 Å². The topological polar surface area (TPSA) is 68.0 Å². The Morgan fingerprint density at radius 3 is 2.92 bits per heavy atom. The third-order valence-electron chi connectivity index (χ3n) is 4.56. The summed E-state index contributed by atoms with van der Waals surface area (Å²) < 4.78 is 7.42. The molecule has 0 spiro atoms. The Labute approximate surface area is 156 Å². The minimum Gasteiger partial charge on any atom is -0.482 e. The zero-order valence-corrected chi connectivity index (χ0v) is 15.6. The molecule has 2 aromatic rings. The van der Waals surface area contributed by atoms with E-state index in [-0.39, 0.29) is 12.5 Å². The third-order valence-corrected chi connectivity index (χ3v) is 5.41. The van der Waals surface area contributed by atoms with Crippen molar-refractivity contribution in [3.8, 4) is 17.0 Å². The van der Waals surface area contributed by atoms with Crippen molar-refractivity contribution in [3.63, 3.8) is 0 Å². The zero-order chi connectivity index (χ0) is 17.9. The summed E-state index contributed by atoms with van der Waals surface area (Å²) in [6.07, 6.45) is 5.82. The molecule has 26 heavy (non-hydrogen) atoms. The average Bonchev–Trinajstić information content (AvgIpc) is 3.05. The van der Waals surface area contributed by atoms with E-state index in [1.54, 1.807) is 11.3 Å². The molecule has 0 radical (unpaired) electrons. The average molecular weight is 370 g/mol. The van der Waals surface area contributed by atoms with Crippen LogP contribution >= 0.6 is 11.3 Å². The standard InChI is InChI=1S/C19H22N4O2S/c1-2-20-19-23(22-14-6-4-3-5-7-14)16(12-26-19)13-8-9-17-15(10-13)21-18(24)11-25-17/h8-10,12H,2-7,11H2,1H3,(H,21,24). The first-order chi connectivity index (χ1) is 12.7. The van der Waals surface area contributed by atoms with Crippen molar-refractivity contribution in [2.24, 2.45) is 10.1 Å². The fourth-order valence-corrected chi connectivity index (χ4v) is 4.18. The molecule has 2 aliphatic rings. The Morgan fingerprint density at radius 1 is 1.27 bits per heavy atom. The fraction of sp³-hybridized carbons (Fsp3) is 0.421. The van der Waals surface area contributed by atoms with Crippen LogP contribution in [0.2, 0.25) is 0 Å². The first kappa shape index (κ1) is 17.0. The first-order valence-corrected chi connectivity index (χ1v) is 9.97. The van der Waals surface area contributed by atoms with Gasteiger partial charge in [-0.25, -0.2) is 4.68 Å². The van der Waals surface area contributed by atoms with Crippen LogP contribution in [0, 0.1) is 0 Å². The number of rotatable bonds is 3. The highest BCUT2D eigenvalue weighted by atomic mass is 32.1. The van der Waals surface area contributed by atoms with Crippen molar-refractivity contribution in [2.45, 2.75) is 39.0 Å². The summed E-state index contributed by atoms with van der Waals surface area (Å²) in [5.41, 5.74) is 3.92. The summed E-state index contributed by atoms with van der Waals surface area (Å²) in [5.74, 6) is 0.573. The van der Waals surface area contributed by atoms with Crippen molar-refractivity contribution >= 4 is 28.6 Å². The molecule has 0 atom stereocenters. The molecule has 1 N–H and O–H groups in total. The largest absolute Gasteiger partial charge is 0.482 e. The number of fused-ring (bicyclic) bond motifs is 1. The second kappa shape index (κ2) is 7.45. The zero-order valence-electron chi connectivity index (χ0n) is 14.8. The molecule has 1 aromatic carbocycles. The van der Waals surface area contributed by atoms with E-state index >= 15 is 0 Å². The van der Waals surface area contributed by atoms with Crippen LogP contribution in [0.5, 0.6) is 5.75 Å². The quantitative estimate of drug-likeness (QED) is 0.896. The molecule has 2 heterocycles. The van der Waals surface area contributed by atoms with Crippen molar-refractivity contribution in [1.29, 1.82) is 0 Å². The van der Waals surface area contributed by atoms with Gasteiger partial charge in [-0.15, -0.1) is 11.3 Å². The maximum Gasteiger partial charge on any atom is 0.262 e. The summed E-state index contributed by atoms with van der Waals surface area (Å²) in [6.45, 7) is 2.82. The number of amides is 1.